The summed E-state index contributed by atoms with van der Waals surface area (Å²) in [6.45, 7) is 14.6. The molecule has 2 aromatic heterocycles. The highest BCUT2D eigenvalue weighted by atomic mass is 15.0. The summed E-state index contributed by atoms with van der Waals surface area (Å²) in [6.07, 6.45) is 1.75. The SMILES string of the molecule is [C-]#[N+]c1nc2c3cc4ccccc4cc3c3ncccc3c2nc1[N+]#[C-]. The number of rotatable bonds is 0. The van der Waals surface area contributed by atoms with E-state index in [0.29, 0.717) is 11.0 Å². The van der Waals surface area contributed by atoms with Gasteiger partial charge in [0.1, 0.15) is 0 Å². The highest BCUT2D eigenvalue weighted by Crippen LogP contribution is 2.37. The fourth-order valence-electron chi connectivity index (χ4n) is 3.39. The Kier molecular flexibility index (Phi) is 2.86. The number of pyridine rings is 1. The molecule has 0 radical (unpaired) electrons. The lowest BCUT2D eigenvalue weighted by molar-refractivity contribution is 1.35. The maximum atomic E-state index is 7.33. The molecule has 0 saturated heterocycles. The van der Waals surface area contributed by atoms with Gasteiger partial charge in [-0.1, -0.05) is 37.4 Å². The number of benzene rings is 3. The lowest BCUT2D eigenvalue weighted by atomic mass is 9.99. The number of nitrogens with zero attached hydrogens (tertiary/aromatic N) is 5. The molecule has 0 aliphatic carbocycles. The van der Waals surface area contributed by atoms with Crippen LogP contribution in [0.1, 0.15) is 0 Å². The van der Waals surface area contributed by atoms with E-state index in [0.717, 1.165) is 32.4 Å². The molecule has 0 aliphatic heterocycles. The first-order valence-corrected chi connectivity index (χ1v) is 7.96. The van der Waals surface area contributed by atoms with Crippen molar-refractivity contribution in [3.8, 4) is 0 Å². The second-order valence-corrected chi connectivity index (χ2v) is 5.94. The van der Waals surface area contributed by atoms with Gasteiger partial charge in [-0.2, -0.15) is 0 Å². The first kappa shape index (κ1) is 14.3. The fraction of sp³-hybridized carbons (Fsp3) is 0. The van der Waals surface area contributed by atoms with Gasteiger partial charge in [0, 0.05) is 17.0 Å². The Bertz CT molecular complexity index is 1460. The van der Waals surface area contributed by atoms with Gasteiger partial charge in [-0.15, -0.1) is 9.97 Å². The van der Waals surface area contributed by atoms with E-state index in [-0.39, 0.29) is 11.6 Å². The molecule has 0 unspecified atom stereocenters. The van der Waals surface area contributed by atoms with Gasteiger partial charge in [0.25, 0.3) is 11.6 Å². The summed E-state index contributed by atoms with van der Waals surface area (Å²) in [5.41, 5.74) is 2.06. The molecule has 118 valence electrons. The molecule has 0 bridgehead atoms. The summed E-state index contributed by atoms with van der Waals surface area (Å²) in [7, 11) is 0. The van der Waals surface area contributed by atoms with Crippen LogP contribution in [0.25, 0.3) is 53.2 Å². The van der Waals surface area contributed by atoms with Crippen LogP contribution < -0.4 is 0 Å². The van der Waals surface area contributed by atoms with E-state index in [4.69, 9.17) is 13.1 Å². The molecule has 26 heavy (non-hydrogen) atoms. The monoisotopic (exact) mass is 331 g/mol. The molecule has 5 heteroatoms. The molecule has 0 spiro atoms. The third-order valence-corrected chi connectivity index (χ3v) is 4.53. The quantitative estimate of drug-likeness (QED) is 0.211. The number of hydrogen-bond donors (Lipinski definition) is 0. The van der Waals surface area contributed by atoms with E-state index in [2.05, 4.69) is 42.8 Å². The van der Waals surface area contributed by atoms with E-state index in [1.807, 2.05) is 30.3 Å². The van der Waals surface area contributed by atoms with Crippen LogP contribution in [0.5, 0.6) is 0 Å². The first-order valence-electron chi connectivity index (χ1n) is 7.96. The Morgan fingerprint density at radius 3 is 1.85 bits per heavy atom. The van der Waals surface area contributed by atoms with Crippen molar-refractivity contribution in [3.63, 3.8) is 0 Å². The second-order valence-electron chi connectivity index (χ2n) is 5.94. The Morgan fingerprint density at radius 2 is 1.23 bits per heavy atom. The van der Waals surface area contributed by atoms with Crippen LogP contribution in [0.4, 0.5) is 11.6 Å². The zero-order chi connectivity index (χ0) is 17.7. The molecular formula is C21H9N5. The largest absolute Gasteiger partial charge is 0.370 e. The highest BCUT2D eigenvalue weighted by molar-refractivity contribution is 6.24. The molecule has 0 aliphatic rings. The normalized spacial score (nSPS) is 11.0. The molecule has 2 heterocycles. The van der Waals surface area contributed by atoms with Crippen molar-refractivity contribution < 1.29 is 0 Å². The standard InChI is InChI=1S/C21H9N5/c1-22-20-21(23-2)26-19-16-11-13-7-4-3-6-12(13)10-15(16)17-14(18(19)25-20)8-5-9-24-17/h3-11H. The van der Waals surface area contributed by atoms with E-state index in [1.165, 1.54) is 0 Å². The smallest absolute Gasteiger partial charge is 0.294 e. The van der Waals surface area contributed by atoms with Crippen LogP contribution in [-0.2, 0) is 0 Å². The average molecular weight is 331 g/mol. The van der Waals surface area contributed by atoms with E-state index in [1.54, 1.807) is 6.20 Å². The lowest BCUT2D eigenvalue weighted by Crippen LogP contribution is -1.91. The van der Waals surface area contributed by atoms with E-state index >= 15 is 0 Å². The summed E-state index contributed by atoms with van der Waals surface area (Å²) in [6, 6.07) is 16.0. The maximum Gasteiger partial charge on any atom is 0.294 e. The van der Waals surface area contributed by atoms with Gasteiger partial charge in [0.05, 0.1) is 10.9 Å². The summed E-state index contributed by atoms with van der Waals surface area (Å²) >= 11 is 0. The predicted molar refractivity (Wildman–Crippen MR) is 102 cm³/mol. The molecule has 5 rings (SSSR count). The van der Waals surface area contributed by atoms with Gasteiger partial charge in [0.2, 0.25) is 11.0 Å². The Morgan fingerprint density at radius 1 is 0.654 bits per heavy atom. The van der Waals surface area contributed by atoms with Crippen molar-refractivity contribution in [1.29, 1.82) is 0 Å². The Labute approximate surface area is 148 Å². The second kappa shape index (κ2) is 5.20. The van der Waals surface area contributed by atoms with Crippen molar-refractivity contribution in [3.05, 3.63) is 77.6 Å². The van der Waals surface area contributed by atoms with Crippen LogP contribution in [0, 0.1) is 13.1 Å². The molecular weight excluding hydrogens is 322 g/mol. The third-order valence-electron chi connectivity index (χ3n) is 4.53. The minimum absolute atomic E-state index is 0.0257. The lowest BCUT2D eigenvalue weighted by Gasteiger charge is -2.07. The molecule has 5 nitrogen and oxygen atoms in total. The zero-order valence-corrected chi connectivity index (χ0v) is 13.4. The number of fused-ring (bicyclic) bond motifs is 7. The molecule has 0 N–H and O–H groups in total. The van der Waals surface area contributed by atoms with Gasteiger partial charge in [0.15, 0.2) is 0 Å². The van der Waals surface area contributed by atoms with E-state index in [9.17, 15) is 0 Å². The van der Waals surface area contributed by atoms with Crippen molar-refractivity contribution in [2.24, 2.45) is 0 Å². The van der Waals surface area contributed by atoms with Gasteiger partial charge >= 0.3 is 0 Å². The topological polar surface area (TPSA) is 47.4 Å². The fourth-order valence-corrected chi connectivity index (χ4v) is 3.39. The summed E-state index contributed by atoms with van der Waals surface area (Å²) in [5, 5.41) is 4.88. The van der Waals surface area contributed by atoms with Crippen molar-refractivity contribution in [2.75, 3.05) is 0 Å². The van der Waals surface area contributed by atoms with E-state index < -0.39 is 0 Å². The predicted octanol–water partition coefficient (Wildman–Crippen LogP) is 5.59. The van der Waals surface area contributed by atoms with Crippen LogP contribution >= 0.6 is 0 Å². The third kappa shape index (κ3) is 1.86. The molecule has 0 atom stereocenters. The maximum absolute atomic E-state index is 7.33. The van der Waals surface area contributed by atoms with Gasteiger partial charge in [-0.25, -0.2) is 0 Å². The zero-order valence-electron chi connectivity index (χ0n) is 13.4. The van der Waals surface area contributed by atoms with Crippen molar-refractivity contribution in [1.82, 2.24) is 15.0 Å². The van der Waals surface area contributed by atoms with Crippen LogP contribution in [0.15, 0.2) is 54.7 Å². The minimum Gasteiger partial charge on any atom is -0.370 e. The summed E-state index contributed by atoms with van der Waals surface area (Å²) < 4.78 is 0. The highest BCUT2D eigenvalue weighted by Gasteiger charge is 2.20. The van der Waals surface area contributed by atoms with Gasteiger partial charge in [-0.3, -0.25) is 4.98 Å². The molecule has 0 fully saturated rings. The first-order chi connectivity index (χ1) is 12.8. The van der Waals surface area contributed by atoms with Crippen LogP contribution in [0.3, 0.4) is 0 Å². The van der Waals surface area contributed by atoms with Gasteiger partial charge < -0.3 is 9.69 Å². The molecule has 0 amide bonds. The van der Waals surface area contributed by atoms with Crippen molar-refractivity contribution in [2.45, 2.75) is 0 Å². The number of aromatic nitrogens is 3. The summed E-state index contributed by atoms with van der Waals surface area (Å²) in [5.74, 6) is 0.0583. The molecule has 0 saturated carbocycles. The Balaban J connectivity index is 2.14. The minimum atomic E-state index is 0.0257. The van der Waals surface area contributed by atoms with Crippen molar-refractivity contribution >= 4 is 55.1 Å². The van der Waals surface area contributed by atoms with Crippen LogP contribution in [0.2, 0.25) is 0 Å². The summed E-state index contributed by atoms with van der Waals surface area (Å²) in [4.78, 5) is 20.3. The molecule has 3 aromatic carbocycles. The van der Waals surface area contributed by atoms with Crippen LogP contribution in [-0.4, -0.2) is 15.0 Å². The molecule has 5 aromatic rings. The number of hydrogen-bond acceptors (Lipinski definition) is 3. The average Bonchev–Trinajstić information content (AvgIpc) is 2.71. The Hall–Kier alpha value is -4.09. The van der Waals surface area contributed by atoms with Gasteiger partial charge in [-0.05, 0) is 35.0 Å².